The Kier molecular flexibility index (Phi) is 21.4. The molecule has 2 saturated heterocycles. The van der Waals surface area contributed by atoms with E-state index >= 15 is 0 Å². The van der Waals surface area contributed by atoms with Crippen molar-refractivity contribution in [3.63, 3.8) is 0 Å². The fourth-order valence-corrected chi connectivity index (χ4v) is 8.34. The first-order chi connectivity index (χ1) is 37.3. The van der Waals surface area contributed by atoms with Gasteiger partial charge in [0.25, 0.3) is 23.6 Å². The van der Waals surface area contributed by atoms with Gasteiger partial charge in [0, 0.05) is 71.4 Å². The van der Waals surface area contributed by atoms with Crippen LogP contribution >= 0.6 is 10.7 Å². The molecule has 4 aliphatic rings. The first-order valence-electron chi connectivity index (χ1n) is 23.4. The summed E-state index contributed by atoms with van der Waals surface area (Å²) >= 11 is 0. The molecule has 8 rings (SSSR count). The maximum atomic E-state index is 12.5. The maximum Gasteiger partial charge on any atom is 0.533 e. The van der Waals surface area contributed by atoms with Crippen LogP contribution in [0.5, 0.6) is 0 Å². The van der Waals surface area contributed by atoms with Crippen molar-refractivity contribution < 1.29 is 102 Å². The molecule has 26 nitrogen and oxygen atoms in total. The number of benzene rings is 4. The molecule has 4 aromatic carbocycles. The van der Waals surface area contributed by atoms with E-state index in [1.807, 2.05) is 60.7 Å². The molecule has 0 bridgehead atoms. The quantitative estimate of drug-likeness (QED) is 0.0472. The normalized spacial score (nSPS) is 16.0. The van der Waals surface area contributed by atoms with Gasteiger partial charge in [0.15, 0.2) is 0 Å². The maximum absolute atomic E-state index is 12.5. The molecule has 6 amide bonds. The molecule has 4 aromatic rings. The third kappa shape index (κ3) is 17.2. The number of esters is 2. The molecule has 29 heteroatoms. The summed E-state index contributed by atoms with van der Waals surface area (Å²) in [5.74, 6) is -5.87. The van der Waals surface area contributed by atoms with E-state index in [-0.39, 0.29) is 75.4 Å². The minimum Gasteiger partial charge on any atom is -0.469 e. The number of nitrogens with one attached hydrogen (secondary N) is 2. The predicted octanol–water partition coefficient (Wildman–Crippen LogP) is 5.33. The molecular formula is C50H49ClN4O22S2. The van der Waals surface area contributed by atoms with Crippen LogP contribution < -0.4 is 10.6 Å². The van der Waals surface area contributed by atoms with E-state index in [1.54, 1.807) is 38.1 Å². The Morgan fingerprint density at radius 3 is 1.20 bits per heavy atom. The minimum absolute atomic E-state index is 0.0117. The molecule has 4 atom stereocenters. The Hall–Kier alpha value is -8.60. The fraction of sp³-hybridized carbons (Fsp3) is 0.320. The van der Waals surface area contributed by atoms with E-state index in [4.69, 9.17) is 44.7 Å². The van der Waals surface area contributed by atoms with Crippen molar-refractivity contribution in [3.05, 3.63) is 107 Å². The number of hydrogen-bond donors (Lipinski definition) is 3. The largest absolute Gasteiger partial charge is 0.533 e. The van der Waals surface area contributed by atoms with Gasteiger partial charge in [-0.2, -0.15) is 8.42 Å². The topological polar surface area (TPSA) is 362 Å². The smallest absolute Gasteiger partial charge is 0.469 e. The first-order valence-corrected chi connectivity index (χ1v) is 26.6. The Balaban J connectivity index is 0.000000252. The highest BCUT2D eigenvalue weighted by molar-refractivity contribution is 8.09. The lowest BCUT2D eigenvalue weighted by Crippen LogP contribution is -2.32. The second-order valence-corrected chi connectivity index (χ2v) is 19.7. The van der Waals surface area contributed by atoms with E-state index in [0.717, 1.165) is 44.5 Å². The number of anilines is 2. The van der Waals surface area contributed by atoms with E-state index in [9.17, 15) is 47.9 Å². The molecule has 0 aromatic heterocycles. The second-order valence-electron chi connectivity index (χ2n) is 17.3. The van der Waals surface area contributed by atoms with E-state index in [1.165, 1.54) is 14.2 Å². The highest BCUT2D eigenvalue weighted by Crippen LogP contribution is 2.47. The van der Waals surface area contributed by atoms with Crippen molar-refractivity contribution in [3.8, 4) is 22.3 Å². The van der Waals surface area contributed by atoms with Gasteiger partial charge in [0.05, 0.1) is 27.1 Å². The summed E-state index contributed by atoms with van der Waals surface area (Å²) in [4.78, 5) is 129. The number of methoxy groups -OCH3 is 2. The fourth-order valence-electron chi connectivity index (χ4n) is 8.34. The summed E-state index contributed by atoms with van der Waals surface area (Å²) < 4.78 is 70.3. The van der Waals surface area contributed by atoms with Crippen LogP contribution in [-0.4, -0.2) is 123 Å². The highest BCUT2D eigenvalue weighted by Gasteiger charge is 2.37. The van der Waals surface area contributed by atoms with Crippen LogP contribution in [0.15, 0.2) is 84.9 Å². The van der Waals surface area contributed by atoms with Gasteiger partial charge in [-0.05, 0) is 68.8 Å². The predicted molar refractivity (Wildman–Crippen MR) is 270 cm³/mol. The molecule has 4 unspecified atom stereocenters. The van der Waals surface area contributed by atoms with Gasteiger partial charge >= 0.3 is 44.2 Å². The third-order valence-electron chi connectivity index (χ3n) is 12.0. The summed E-state index contributed by atoms with van der Waals surface area (Å²) in [5, 5.41) is 6.49. The number of hydroxylamine groups is 4. The van der Waals surface area contributed by atoms with Crippen molar-refractivity contribution >= 4 is 102 Å². The third-order valence-corrected chi connectivity index (χ3v) is 12.0. The van der Waals surface area contributed by atoms with Crippen LogP contribution in [0, 0.1) is 11.8 Å². The SMILES string of the molecule is COC(=O)CC(C)C(=O)Nc1ccc2c(c1)C(COC(=O)ON1C(=O)CCC1=O)c1ccccc1-2.COC(=O)CC(C)C(=O)Nc1ccc2c(c1)C(COC(=O)ON1C(=O)CCC1=O)c1ccccc1-2.O=S(=O)(O)Cl.O=S(=O)=O. The highest BCUT2D eigenvalue weighted by atomic mass is 35.7. The van der Waals surface area contributed by atoms with Crippen LogP contribution in [0.4, 0.5) is 21.0 Å². The van der Waals surface area contributed by atoms with E-state index in [0.29, 0.717) is 21.5 Å². The van der Waals surface area contributed by atoms with Crippen molar-refractivity contribution in [2.24, 2.45) is 11.8 Å². The number of rotatable bonds is 14. The molecule has 420 valence electrons. The van der Waals surface area contributed by atoms with Crippen LogP contribution in [-0.2, 0) is 86.9 Å². The van der Waals surface area contributed by atoms with Gasteiger partial charge in [-0.15, -0.1) is 12.6 Å². The molecule has 2 fully saturated rings. The molecule has 79 heavy (non-hydrogen) atoms. The zero-order chi connectivity index (χ0) is 58.3. The van der Waals surface area contributed by atoms with E-state index in [2.05, 4.69) is 30.8 Å². The summed E-state index contributed by atoms with van der Waals surface area (Å²) in [5.41, 5.74) is 8.32. The van der Waals surface area contributed by atoms with Crippen LogP contribution in [0.1, 0.15) is 86.5 Å². The van der Waals surface area contributed by atoms with Gasteiger partial charge in [-0.25, -0.2) is 9.59 Å². The van der Waals surface area contributed by atoms with Crippen LogP contribution in [0.25, 0.3) is 22.3 Å². The average Bonchev–Trinajstić information content (AvgIpc) is 4.32. The lowest BCUT2D eigenvalue weighted by atomic mass is 9.97. The van der Waals surface area contributed by atoms with Gasteiger partial charge in [0.2, 0.25) is 11.8 Å². The number of fused-ring (bicyclic) bond motifs is 6. The number of ether oxygens (including phenoxy) is 4. The standard InChI is InChI=1S/2C25H24N2O8.ClHO3S.O3S/c2*1-14(11-23(30)33-2)24(31)26-15-7-8-18-16-5-3-4-6-17(16)20(19(18)12-15)13-34-25(32)35-27-21(28)9-10-22(27)29;1-5(2,3)4;1-4(2)3/h2*3-8,12,14,20H,9-11,13H2,1-2H3,(H,26,31);(H,2,3,4);. The van der Waals surface area contributed by atoms with Crippen molar-refractivity contribution in [1.82, 2.24) is 10.1 Å². The van der Waals surface area contributed by atoms with Crippen molar-refractivity contribution in [1.29, 1.82) is 0 Å². The monoisotopic (exact) mass is 1160 g/mol. The number of halogens is 1. The summed E-state index contributed by atoms with van der Waals surface area (Å²) in [6.07, 6.45) is -2.44. The van der Waals surface area contributed by atoms with Gasteiger partial charge in [-0.1, -0.05) is 84.6 Å². The number of amides is 6. The molecule has 3 N–H and O–H groups in total. The second kappa shape index (κ2) is 27.6. The Bertz CT molecular complexity index is 3070. The summed E-state index contributed by atoms with van der Waals surface area (Å²) in [6, 6.07) is 26.1. The van der Waals surface area contributed by atoms with Crippen LogP contribution in [0.3, 0.4) is 0 Å². The first kappa shape index (κ1) is 61.3. The zero-order valence-corrected chi connectivity index (χ0v) is 44.5. The Morgan fingerprint density at radius 1 is 0.582 bits per heavy atom. The van der Waals surface area contributed by atoms with Crippen molar-refractivity contribution in [2.45, 2.75) is 64.2 Å². The number of imide groups is 2. The lowest BCUT2D eigenvalue weighted by Gasteiger charge is -2.17. The molecular weight excluding hydrogens is 1110 g/mol. The number of hydrogen-bond acceptors (Lipinski definition) is 21. The Labute approximate surface area is 455 Å². The summed E-state index contributed by atoms with van der Waals surface area (Å²) in [6.45, 7) is 3.06. The average molecular weight is 1160 g/mol. The zero-order valence-electron chi connectivity index (χ0n) is 42.2. The molecule has 2 aliphatic carbocycles. The molecule has 0 saturated carbocycles. The molecule has 0 spiro atoms. The van der Waals surface area contributed by atoms with Gasteiger partial charge in [0.1, 0.15) is 13.2 Å². The summed E-state index contributed by atoms with van der Waals surface area (Å²) in [7, 11) is -0.712. The van der Waals surface area contributed by atoms with E-state index < -0.39 is 79.7 Å². The molecule has 0 radical (unpaired) electrons. The van der Waals surface area contributed by atoms with Gasteiger partial charge < -0.3 is 29.6 Å². The minimum atomic E-state index is -4.19. The van der Waals surface area contributed by atoms with Gasteiger partial charge in [-0.3, -0.25) is 52.6 Å². The molecule has 2 aliphatic heterocycles. The number of nitrogens with zero attached hydrogens (tertiary/aromatic N) is 2. The van der Waals surface area contributed by atoms with Crippen molar-refractivity contribution in [2.75, 3.05) is 38.1 Å². The number of carbonyl (C=O) groups is 10. The lowest BCUT2D eigenvalue weighted by molar-refractivity contribution is -0.177. The molecule has 2 heterocycles. The number of carbonyl (C=O) groups excluding carboxylic acids is 10. The van der Waals surface area contributed by atoms with Crippen LogP contribution in [0.2, 0.25) is 0 Å². The Morgan fingerprint density at radius 2 is 0.886 bits per heavy atom.